The summed E-state index contributed by atoms with van der Waals surface area (Å²) in [6.45, 7) is 5.93. The number of hydrogen-bond donors (Lipinski definition) is 1. The van der Waals surface area contributed by atoms with E-state index >= 15 is 0 Å². The Morgan fingerprint density at radius 3 is 2.53 bits per heavy atom. The molecule has 0 bridgehead atoms. The van der Waals surface area contributed by atoms with Crippen LogP contribution in [0.3, 0.4) is 0 Å². The molecule has 0 aromatic heterocycles. The van der Waals surface area contributed by atoms with Gasteiger partial charge in [0.25, 0.3) is 0 Å². The van der Waals surface area contributed by atoms with Gasteiger partial charge in [-0.2, -0.15) is 0 Å². The number of hydrogen-bond acceptors (Lipinski definition) is 1. The van der Waals surface area contributed by atoms with Crippen molar-refractivity contribution in [2.24, 2.45) is 0 Å². The van der Waals surface area contributed by atoms with E-state index < -0.39 is 0 Å². The number of amides is 1. The summed E-state index contributed by atoms with van der Waals surface area (Å²) < 4.78 is 0. The van der Waals surface area contributed by atoms with Crippen LogP contribution in [0, 0.1) is 0 Å². The summed E-state index contributed by atoms with van der Waals surface area (Å²) >= 11 is 0. The quantitative estimate of drug-likeness (QED) is 0.775. The van der Waals surface area contributed by atoms with Gasteiger partial charge in [0.1, 0.15) is 0 Å². The van der Waals surface area contributed by atoms with Gasteiger partial charge in [0.2, 0.25) is 5.91 Å². The van der Waals surface area contributed by atoms with Crippen molar-refractivity contribution in [1.82, 2.24) is 5.32 Å². The molecule has 1 N–H and O–H groups in total. The van der Waals surface area contributed by atoms with Crippen LogP contribution in [-0.2, 0) is 11.2 Å². The van der Waals surface area contributed by atoms with Crippen LogP contribution < -0.4 is 5.32 Å². The molecule has 0 unspecified atom stereocenters. The minimum atomic E-state index is 0.00515. The molecule has 0 aliphatic rings. The van der Waals surface area contributed by atoms with Gasteiger partial charge in [-0.3, -0.25) is 4.79 Å². The van der Waals surface area contributed by atoms with Gasteiger partial charge in [-0.05, 0) is 39.2 Å². The van der Waals surface area contributed by atoms with Gasteiger partial charge in [0.15, 0.2) is 0 Å². The van der Waals surface area contributed by atoms with E-state index in [2.05, 4.69) is 17.4 Å². The average Bonchev–Trinajstić information content (AvgIpc) is 2.26. The van der Waals surface area contributed by atoms with Crippen molar-refractivity contribution in [3.05, 3.63) is 47.5 Å². The van der Waals surface area contributed by atoms with Crippen molar-refractivity contribution in [3.8, 4) is 0 Å². The number of carbonyl (C=O) groups is 1. The van der Waals surface area contributed by atoms with E-state index in [4.69, 9.17) is 0 Å². The zero-order valence-electron chi connectivity index (χ0n) is 10.9. The summed E-state index contributed by atoms with van der Waals surface area (Å²) in [7, 11) is 0. The van der Waals surface area contributed by atoms with Crippen LogP contribution >= 0.6 is 0 Å². The maximum absolute atomic E-state index is 11.5. The second-order valence-electron chi connectivity index (χ2n) is 4.64. The summed E-state index contributed by atoms with van der Waals surface area (Å²) in [6.07, 6.45) is 3.61. The first-order chi connectivity index (χ1) is 8.08. The van der Waals surface area contributed by atoms with Gasteiger partial charge >= 0.3 is 0 Å². The van der Waals surface area contributed by atoms with Crippen molar-refractivity contribution < 1.29 is 4.79 Å². The maximum atomic E-state index is 11.5. The predicted molar refractivity (Wildman–Crippen MR) is 71.8 cm³/mol. The van der Waals surface area contributed by atoms with E-state index in [1.54, 1.807) is 6.08 Å². The number of carbonyl (C=O) groups excluding carboxylic acids is 1. The first-order valence-electron chi connectivity index (χ1n) is 6.09. The molecule has 2 nitrogen and oxygen atoms in total. The highest BCUT2D eigenvalue weighted by Gasteiger charge is 2.00. The molecule has 0 heterocycles. The zero-order chi connectivity index (χ0) is 12.7. The molecule has 1 aromatic rings. The Balaban J connectivity index is 2.41. The van der Waals surface area contributed by atoms with Crippen molar-refractivity contribution in [1.29, 1.82) is 0 Å². The summed E-state index contributed by atoms with van der Waals surface area (Å²) in [5.41, 5.74) is 2.43. The predicted octanol–water partition coefficient (Wildman–Crippen LogP) is 3.09. The Bertz CT molecular complexity index is 379. The minimum absolute atomic E-state index is 0.00515. The zero-order valence-corrected chi connectivity index (χ0v) is 10.9. The van der Waals surface area contributed by atoms with E-state index in [1.165, 1.54) is 5.56 Å². The molecule has 1 aromatic carbocycles. The lowest BCUT2D eigenvalue weighted by Crippen LogP contribution is -2.28. The average molecular weight is 231 g/mol. The Morgan fingerprint density at radius 2 is 1.94 bits per heavy atom. The fourth-order valence-electron chi connectivity index (χ4n) is 1.61. The second-order valence-corrected chi connectivity index (χ2v) is 4.64. The highest BCUT2D eigenvalue weighted by atomic mass is 16.1. The fourth-order valence-corrected chi connectivity index (χ4v) is 1.61. The number of rotatable bonds is 5. The number of allylic oxidation sites excluding steroid dienone is 1. The van der Waals surface area contributed by atoms with E-state index in [1.807, 2.05) is 39.0 Å². The van der Waals surface area contributed by atoms with Crippen LogP contribution in [0.4, 0.5) is 0 Å². The molecule has 2 heteroatoms. The summed E-state index contributed by atoms with van der Waals surface area (Å²) in [5, 5.41) is 2.86. The van der Waals surface area contributed by atoms with Crippen molar-refractivity contribution in [2.75, 3.05) is 0 Å². The normalized spacial score (nSPS) is 11.6. The molecule has 0 aliphatic heterocycles. The molecule has 1 amide bonds. The van der Waals surface area contributed by atoms with Crippen molar-refractivity contribution >= 4 is 5.91 Å². The molecule has 0 fully saturated rings. The van der Waals surface area contributed by atoms with Crippen LogP contribution in [0.25, 0.3) is 0 Å². The first-order valence-corrected chi connectivity index (χ1v) is 6.09. The number of nitrogens with one attached hydrogen (secondary N) is 1. The third kappa shape index (κ3) is 5.91. The molecule has 0 saturated carbocycles. The van der Waals surface area contributed by atoms with Gasteiger partial charge in [-0.15, -0.1) is 0 Å². The third-order valence-corrected chi connectivity index (χ3v) is 2.46. The van der Waals surface area contributed by atoms with Crippen LogP contribution in [0.5, 0.6) is 0 Å². The molecular weight excluding hydrogens is 210 g/mol. The topological polar surface area (TPSA) is 29.1 Å². The van der Waals surface area contributed by atoms with Crippen molar-refractivity contribution in [3.63, 3.8) is 0 Å². The van der Waals surface area contributed by atoms with Crippen LogP contribution in [0.15, 0.2) is 42.0 Å². The summed E-state index contributed by atoms with van der Waals surface area (Å²) in [4.78, 5) is 11.5. The number of aryl methyl sites for hydroxylation is 1. The van der Waals surface area contributed by atoms with Crippen LogP contribution in [-0.4, -0.2) is 11.9 Å². The first kappa shape index (κ1) is 13.5. The van der Waals surface area contributed by atoms with Crippen molar-refractivity contribution in [2.45, 2.75) is 39.7 Å². The van der Waals surface area contributed by atoms with E-state index in [0.29, 0.717) is 0 Å². The molecule has 0 saturated heterocycles. The lowest BCUT2D eigenvalue weighted by Gasteiger charge is -2.06. The summed E-state index contributed by atoms with van der Waals surface area (Å²) in [5.74, 6) is 0.00515. The highest BCUT2D eigenvalue weighted by Crippen LogP contribution is 2.08. The van der Waals surface area contributed by atoms with Gasteiger partial charge in [-0.25, -0.2) is 0 Å². The molecule has 0 atom stereocenters. The Hall–Kier alpha value is -1.57. The standard InChI is InChI=1S/C15H21NO/c1-12(2)16-15(17)11-13(3)9-10-14-7-5-4-6-8-14/h4-8,11-12H,9-10H2,1-3H3,(H,16,17)/b13-11-. The largest absolute Gasteiger partial charge is 0.350 e. The van der Waals surface area contributed by atoms with Gasteiger partial charge in [0.05, 0.1) is 0 Å². The Labute approximate surface area is 104 Å². The molecule has 0 spiro atoms. The minimum Gasteiger partial charge on any atom is -0.350 e. The lowest BCUT2D eigenvalue weighted by atomic mass is 10.1. The Morgan fingerprint density at radius 1 is 1.29 bits per heavy atom. The molecule has 17 heavy (non-hydrogen) atoms. The van der Waals surface area contributed by atoms with Gasteiger partial charge in [-0.1, -0.05) is 35.9 Å². The third-order valence-electron chi connectivity index (χ3n) is 2.46. The molecule has 1 rings (SSSR count). The van der Waals surface area contributed by atoms with E-state index in [-0.39, 0.29) is 11.9 Å². The van der Waals surface area contributed by atoms with E-state index in [0.717, 1.165) is 18.4 Å². The molecule has 92 valence electrons. The monoisotopic (exact) mass is 231 g/mol. The van der Waals surface area contributed by atoms with Crippen LogP contribution in [0.2, 0.25) is 0 Å². The van der Waals surface area contributed by atoms with Gasteiger partial charge < -0.3 is 5.32 Å². The number of benzene rings is 1. The second kappa shape index (κ2) is 6.89. The maximum Gasteiger partial charge on any atom is 0.244 e. The Kier molecular flexibility index (Phi) is 5.47. The smallest absolute Gasteiger partial charge is 0.244 e. The van der Waals surface area contributed by atoms with Gasteiger partial charge in [0, 0.05) is 12.1 Å². The molecular formula is C15H21NO. The SMILES string of the molecule is C/C(=C/C(=O)NC(C)C)CCc1ccccc1. The highest BCUT2D eigenvalue weighted by molar-refractivity contribution is 5.88. The summed E-state index contributed by atoms with van der Waals surface area (Å²) in [6, 6.07) is 10.5. The molecule has 0 radical (unpaired) electrons. The van der Waals surface area contributed by atoms with E-state index in [9.17, 15) is 4.79 Å². The fraction of sp³-hybridized carbons (Fsp3) is 0.400. The lowest BCUT2D eigenvalue weighted by molar-refractivity contribution is -0.117. The van der Waals surface area contributed by atoms with Crippen LogP contribution in [0.1, 0.15) is 32.8 Å². The molecule has 0 aliphatic carbocycles.